The van der Waals surface area contributed by atoms with Gasteiger partial charge in [-0.3, -0.25) is 4.68 Å². The first-order valence-corrected chi connectivity index (χ1v) is 7.19. The highest BCUT2D eigenvalue weighted by molar-refractivity contribution is 9.10. The molecule has 0 radical (unpaired) electrons. The molecule has 0 aliphatic heterocycles. The van der Waals surface area contributed by atoms with Gasteiger partial charge < -0.3 is 4.52 Å². The molecule has 21 heavy (non-hydrogen) atoms. The number of aromatic nitrogens is 4. The summed E-state index contributed by atoms with van der Waals surface area (Å²) in [4.78, 5) is 4.31. The van der Waals surface area contributed by atoms with Crippen molar-refractivity contribution in [3.05, 3.63) is 52.3 Å². The Morgan fingerprint density at radius 1 is 1.29 bits per heavy atom. The average Bonchev–Trinajstić information content (AvgIpc) is 3.07. The van der Waals surface area contributed by atoms with Crippen LogP contribution in [0.15, 0.2) is 39.5 Å². The summed E-state index contributed by atoms with van der Waals surface area (Å²) >= 11 is 3.42. The lowest BCUT2D eigenvalue weighted by atomic mass is 10.2. The zero-order valence-corrected chi connectivity index (χ0v) is 12.8. The lowest BCUT2D eigenvalue weighted by Crippen LogP contribution is -2.05. The second-order valence-electron chi connectivity index (χ2n) is 4.57. The van der Waals surface area contributed by atoms with Crippen LogP contribution >= 0.6 is 15.9 Å². The van der Waals surface area contributed by atoms with Crippen molar-refractivity contribution in [2.45, 2.75) is 19.9 Å². The monoisotopic (exact) mass is 350 g/mol. The zero-order chi connectivity index (χ0) is 14.8. The molecule has 3 rings (SSSR count). The topological polar surface area (TPSA) is 56.7 Å². The molecular weight excluding hydrogens is 339 g/mol. The third-order valence-electron chi connectivity index (χ3n) is 3.15. The van der Waals surface area contributed by atoms with Crippen LogP contribution in [-0.4, -0.2) is 19.9 Å². The van der Waals surface area contributed by atoms with E-state index in [1.165, 1.54) is 12.1 Å². The van der Waals surface area contributed by atoms with E-state index in [0.29, 0.717) is 24.7 Å². The molecule has 0 amide bonds. The van der Waals surface area contributed by atoms with E-state index < -0.39 is 0 Å². The lowest BCUT2D eigenvalue weighted by Gasteiger charge is -2.01. The highest BCUT2D eigenvalue weighted by Gasteiger charge is 2.10. The first kappa shape index (κ1) is 13.9. The molecule has 0 aliphatic rings. The van der Waals surface area contributed by atoms with Crippen LogP contribution in [0, 0.1) is 12.7 Å². The Bertz CT molecular complexity index is 751. The predicted octanol–water partition coefficient (Wildman–Crippen LogP) is 3.39. The summed E-state index contributed by atoms with van der Waals surface area (Å²) < 4.78 is 20.9. The molecule has 1 aromatic carbocycles. The molecule has 3 aromatic rings. The van der Waals surface area contributed by atoms with Crippen molar-refractivity contribution in [3.63, 3.8) is 0 Å². The van der Waals surface area contributed by atoms with E-state index >= 15 is 0 Å². The highest BCUT2D eigenvalue weighted by Crippen LogP contribution is 2.17. The molecule has 0 unspecified atom stereocenters. The fourth-order valence-corrected chi connectivity index (χ4v) is 2.22. The third kappa shape index (κ3) is 3.02. The predicted molar refractivity (Wildman–Crippen MR) is 78.1 cm³/mol. The smallest absolute Gasteiger partial charge is 0.228 e. The fourth-order valence-electron chi connectivity index (χ4n) is 1.92. The average molecular weight is 351 g/mol. The maximum absolute atomic E-state index is 12.9. The van der Waals surface area contributed by atoms with Crippen LogP contribution in [0.2, 0.25) is 0 Å². The molecule has 2 heterocycles. The van der Waals surface area contributed by atoms with Crippen molar-refractivity contribution in [2.24, 2.45) is 0 Å². The first-order chi connectivity index (χ1) is 10.1. The van der Waals surface area contributed by atoms with Crippen molar-refractivity contribution in [1.82, 2.24) is 19.9 Å². The minimum atomic E-state index is -0.290. The number of hydrogen-bond donors (Lipinski definition) is 0. The molecule has 0 saturated carbocycles. The molecule has 108 valence electrons. The first-order valence-electron chi connectivity index (χ1n) is 6.40. The van der Waals surface area contributed by atoms with Gasteiger partial charge in [0.05, 0.1) is 17.2 Å². The van der Waals surface area contributed by atoms with E-state index in [1.807, 2.05) is 11.6 Å². The summed E-state index contributed by atoms with van der Waals surface area (Å²) in [5.41, 5.74) is 1.78. The standard InChI is InChI=1S/C14H12BrFN4O/c1-9-12(15)8-17-20(9)7-6-13-18-14(19-21-13)10-2-4-11(16)5-3-10/h2-5,8H,6-7H2,1H3. The second kappa shape index (κ2) is 5.77. The van der Waals surface area contributed by atoms with Gasteiger partial charge >= 0.3 is 0 Å². The Kier molecular flexibility index (Phi) is 3.83. The molecule has 0 spiro atoms. The van der Waals surface area contributed by atoms with Gasteiger partial charge in [0.1, 0.15) is 5.82 Å². The maximum Gasteiger partial charge on any atom is 0.228 e. The quantitative estimate of drug-likeness (QED) is 0.723. The minimum Gasteiger partial charge on any atom is -0.339 e. The van der Waals surface area contributed by atoms with Crippen LogP contribution in [0.25, 0.3) is 11.4 Å². The summed E-state index contributed by atoms with van der Waals surface area (Å²) in [7, 11) is 0. The van der Waals surface area contributed by atoms with Crippen LogP contribution < -0.4 is 0 Å². The molecule has 0 fully saturated rings. The fraction of sp³-hybridized carbons (Fsp3) is 0.214. The van der Waals surface area contributed by atoms with Crippen LogP contribution in [0.5, 0.6) is 0 Å². The number of nitrogens with zero attached hydrogens (tertiary/aromatic N) is 4. The molecule has 0 bridgehead atoms. The van der Waals surface area contributed by atoms with Crippen molar-refractivity contribution >= 4 is 15.9 Å². The van der Waals surface area contributed by atoms with Gasteiger partial charge in [0.15, 0.2) is 0 Å². The normalized spacial score (nSPS) is 11.0. The van der Waals surface area contributed by atoms with Crippen molar-refractivity contribution in [1.29, 1.82) is 0 Å². The van der Waals surface area contributed by atoms with E-state index in [-0.39, 0.29) is 5.82 Å². The van der Waals surface area contributed by atoms with Crippen molar-refractivity contribution in [2.75, 3.05) is 0 Å². The largest absolute Gasteiger partial charge is 0.339 e. The van der Waals surface area contributed by atoms with Gasteiger partial charge in [-0.1, -0.05) is 5.16 Å². The molecule has 5 nitrogen and oxygen atoms in total. The Balaban J connectivity index is 1.70. The van der Waals surface area contributed by atoms with E-state index in [0.717, 1.165) is 15.7 Å². The van der Waals surface area contributed by atoms with Gasteiger partial charge in [-0.15, -0.1) is 0 Å². The maximum atomic E-state index is 12.9. The van der Waals surface area contributed by atoms with E-state index in [4.69, 9.17) is 4.52 Å². The third-order valence-corrected chi connectivity index (χ3v) is 3.93. The van der Waals surface area contributed by atoms with Crippen LogP contribution in [0.3, 0.4) is 0 Å². The number of benzene rings is 1. The highest BCUT2D eigenvalue weighted by atomic mass is 79.9. The molecule has 0 N–H and O–H groups in total. The van der Waals surface area contributed by atoms with Gasteiger partial charge in [-0.05, 0) is 47.1 Å². The van der Waals surface area contributed by atoms with E-state index in [1.54, 1.807) is 18.3 Å². The zero-order valence-electron chi connectivity index (χ0n) is 11.3. The molecule has 2 aromatic heterocycles. The summed E-state index contributed by atoms with van der Waals surface area (Å²) in [6.45, 7) is 2.64. The Hall–Kier alpha value is -2.02. The summed E-state index contributed by atoms with van der Waals surface area (Å²) in [6.07, 6.45) is 2.34. The Labute approximate surface area is 128 Å². The molecule has 7 heteroatoms. The van der Waals surface area contributed by atoms with Gasteiger partial charge in [0.25, 0.3) is 0 Å². The van der Waals surface area contributed by atoms with Crippen molar-refractivity contribution < 1.29 is 8.91 Å². The van der Waals surface area contributed by atoms with Gasteiger partial charge in [0, 0.05) is 17.7 Å². The molecule has 0 atom stereocenters. The van der Waals surface area contributed by atoms with Crippen LogP contribution in [-0.2, 0) is 13.0 Å². The summed E-state index contributed by atoms with van der Waals surface area (Å²) in [6, 6.07) is 5.99. The van der Waals surface area contributed by atoms with Crippen LogP contribution in [0.4, 0.5) is 4.39 Å². The summed E-state index contributed by atoms with van der Waals surface area (Å²) in [5, 5.41) is 8.15. The van der Waals surface area contributed by atoms with Crippen molar-refractivity contribution in [3.8, 4) is 11.4 Å². The number of rotatable bonds is 4. The molecular formula is C14H12BrFN4O. The van der Waals surface area contributed by atoms with Crippen LogP contribution in [0.1, 0.15) is 11.6 Å². The Morgan fingerprint density at radius 3 is 2.71 bits per heavy atom. The number of aryl methyl sites for hydroxylation is 2. The van der Waals surface area contributed by atoms with E-state index in [9.17, 15) is 4.39 Å². The SMILES string of the molecule is Cc1c(Br)cnn1CCc1nc(-c2ccc(F)cc2)no1. The number of halogens is 2. The minimum absolute atomic E-state index is 0.290. The van der Waals surface area contributed by atoms with Gasteiger partial charge in [-0.2, -0.15) is 10.1 Å². The lowest BCUT2D eigenvalue weighted by molar-refractivity contribution is 0.368. The molecule has 0 saturated heterocycles. The Morgan fingerprint density at radius 2 is 2.05 bits per heavy atom. The molecule has 0 aliphatic carbocycles. The van der Waals surface area contributed by atoms with Gasteiger partial charge in [-0.25, -0.2) is 4.39 Å². The number of hydrogen-bond acceptors (Lipinski definition) is 4. The van der Waals surface area contributed by atoms with Gasteiger partial charge in [0.2, 0.25) is 11.7 Å². The second-order valence-corrected chi connectivity index (χ2v) is 5.42. The van der Waals surface area contributed by atoms with E-state index in [2.05, 4.69) is 31.2 Å². The summed E-state index contributed by atoms with van der Waals surface area (Å²) in [5.74, 6) is 0.700.